The first-order valence-corrected chi connectivity index (χ1v) is 10.6. The van der Waals surface area contributed by atoms with Gasteiger partial charge >= 0.3 is 0 Å². The molecule has 0 aliphatic carbocycles. The molecule has 0 fully saturated rings. The van der Waals surface area contributed by atoms with Crippen LogP contribution in [0.1, 0.15) is 38.3 Å². The SMILES string of the molecule is COc1ccccc1-c1coc2c(C)c(OC)c(/C(C)=C/C(=O)NCCC(C)C)cc12. The summed E-state index contributed by atoms with van der Waals surface area (Å²) in [6, 6.07) is 9.88. The van der Waals surface area contributed by atoms with E-state index in [2.05, 4.69) is 19.2 Å². The molecule has 1 amide bonds. The molecule has 3 rings (SSSR count). The van der Waals surface area contributed by atoms with Crippen LogP contribution in [0.15, 0.2) is 47.1 Å². The Morgan fingerprint density at radius 1 is 1.16 bits per heavy atom. The summed E-state index contributed by atoms with van der Waals surface area (Å²) >= 11 is 0. The van der Waals surface area contributed by atoms with Crippen LogP contribution < -0.4 is 14.8 Å². The third-order valence-electron chi connectivity index (χ3n) is 5.44. The van der Waals surface area contributed by atoms with Crippen LogP contribution in [0.25, 0.3) is 27.7 Å². The van der Waals surface area contributed by atoms with Gasteiger partial charge in [0.05, 0.1) is 20.5 Å². The Hall–Kier alpha value is -3.21. The quantitative estimate of drug-likeness (QED) is 0.454. The Kier molecular flexibility index (Phi) is 7.06. The van der Waals surface area contributed by atoms with Crippen LogP contribution in [-0.2, 0) is 4.79 Å². The minimum Gasteiger partial charge on any atom is -0.496 e. The Morgan fingerprint density at radius 2 is 1.90 bits per heavy atom. The van der Waals surface area contributed by atoms with Crippen molar-refractivity contribution < 1.29 is 18.7 Å². The highest BCUT2D eigenvalue weighted by Gasteiger charge is 2.20. The second kappa shape index (κ2) is 9.73. The lowest BCUT2D eigenvalue weighted by atomic mass is 9.96. The maximum absolute atomic E-state index is 12.4. The summed E-state index contributed by atoms with van der Waals surface area (Å²) < 4.78 is 17.2. The molecule has 2 aromatic carbocycles. The number of hydrogen-bond donors (Lipinski definition) is 1. The topological polar surface area (TPSA) is 60.7 Å². The molecule has 1 aromatic heterocycles. The second-order valence-corrected chi connectivity index (χ2v) is 8.11. The zero-order chi connectivity index (χ0) is 22.5. The Labute approximate surface area is 184 Å². The van der Waals surface area contributed by atoms with E-state index >= 15 is 0 Å². The minimum atomic E-state index is -0.102. The summed E-state index contributed by atoms with van der Waals surface area (Å²) in [6.45, 7) is 8.83. The fourth-order valence-corrected chi connectivity index (χ4v) is 3.76. The van der Waals surface area contributed by atoms with Crippen LogP contribution >= 0.6 is 0 Å². The molecule has 0 atom stereocenters. The Balaban J connectivity index is 2.07. The van der Waals surface area contributed by atoms with Gasteiger partial charge in [0.25, 0.3) is 0 Å². The summed E-state index contributed by atoms with van der Waals surface area (Å²) in [5, 5.41) is 3.91. The normalized spacial score (nSPS) is 11.8. The van der Waals surface area contributed by atoms with Gasteiger partial charge in [0.15, 0.2) is 0 Å². The van der Waals surface area contributed by atoms with Crippen molar-refractivity contribution in [3.8, 4) is 22.6 Å². The highest BCUT2D eigenvalue weighted by molar-refractivity contribution is 6.02. The van der Waals surface area contributed by atoms with E-state index in [0.717, 1.165) is 51.0 Å². The molecule has 1 heterocycles. The molecule has 5 nitrogen and oxygen atoms in total. The molecule has 0 saturated heterocycles. The first kappa shape index (κ1) is 22.5. The van der Waals surface area contributed by atoms with E-state index in [1.165, 1.54) is 0 Å². The number of rotatable bonds is 8. The van der Waals surface area contributed by atoms with E-state index in [9.17, 15) is 4.79 Å². The van der Waals surface area contributed by atoms with Gasteiger partial charge in [-0.1, -0.05) is 32.0 Å². The molecule has 5 heteroatoms. The van der Waals surface area contributed by atoms with Gasteiger partial charge in [-0.05, 0) is 43.9 Å². The summed E-state index contributed by atoms with van der Waals surface area (Å²) in [6.07, 6.45) is 4.33. The number of nitrogens with one attached hydrogen (secondary N) is 1. The van der Waals surface area contributed by atoms with Crippen molar-refractivity contribution >= 4 is 22.4 Å². The number of para-hydroxylation sites is 1. The molecule has 0 unspecified atom stereocenters. The number of aryl methyl sites for hydroxylation is 1. The Morgan fingerprint density at radius 3 is 2.58 bits per heavy atom. The average molecular weight is 422 g/mol. The van der Waals surface area contributed by atoms with Crippen LogP contribution in [0.2, 0.25) is 0 Å². The number of amides is 1. The van der Waals surface area contributed by atoms with Gasteiger partial charge in [0, 0.05) is 40.3 Å². The van der Waals surface area contributed by atoms with Crippen LogP contribution in [0, 0.1) is 12.8 Å². The highest BCUT2D eigenvalue weighted by atomic mass is 16.5. The predicted octanol–water partition coefficient (Wildman–Crippen LogP) is 5.99. The molecule has 0 spiro atoms. The molecule has 164 valence electrons. The third-order valence-corrected chi connectivity index (χ3v) is 5.44. The number of allylic oxidation sites excluding steroid dienone is 1. The summed E-state index contributed by atoms with van der Waals surface area (Å²) in [4.78, 5) is 12.4. The lowest BCUT2D eigenvalue weighted by Crippen LogP contribution is -2.23. The van der Waals surface area contributed by atoms with Crippen molar-refractivity contribution in [3.63, 3.8) is 0 Å². The lowest BCUT2D eigenvalue weighted by molar-refractivity contribution is -0.116. The van der Waals surface area contributed by atoms with Crippen molar-refractivity contribution in [1.82, 2.24) is 5.32 Å². The lowest BCUT2D eigenvalue weighted by Gasteiger charge is -2.14. The number of carbonyl (C=O) groups excluding carboxylic acids is 1. The minimum absolute atomic E-state index is 0.102. The van der Waals surface area contributed by atoms with Crippen LogP contribution in [0.5, 0.6) is 11.5 Å². The van der Waals surface area contributed by atoms with Crippen molar-refractivity contribution in [2.45, 2.75) is 34.1 Å². The maximum atomic E-state index is 12.4. The van der Waals surface area contributed by atoms with E-state index in [-0.39, 0.29) is 5.91 Å². The van der Waals surface area contributed by atoms with E-state index in [1.54, 1.807) is 26.6 Å². The first-order valence-electron chi connectivity index (χ1n) is 10.6. The van der Waals surface area contributed by atoms with Crippen LogP contribution in [-0.4, -0.2) is 26.7 Å². The van der Waals surface area contributed by atoms with Crippen molar-refractivity contribution in [1.29, 1.82) is 0 Å². The highest BCUT2D eigenvalue weighted by Crippen LogP contribution is 2.42. The van der Waals surface area contributed by atoms with E-state index in [1.807, 2.05) is 44.2 Å². The van der Waals surface area contributed by atoms with E-state index in [4.69, 9.17) is 13.9 Å². The molecule has 31 heavy (non-hydrogen) atoms. The number of carbonyl (C=O) groups is 1. The van der Waals surface area contributed by atoms with Crippen molar-refractivity contribution in [3.05, 3.63) is 53.8 Å². The maximum Gasteiger partial charge on any atom is 0.244 e. The largest absolute Gasteiger partial charge is 0.496 e. The molecule has 0 bridgehead atoms. The predicted molar refractivity (Wildman–Crippen MR) is 126 cm³/mol. The monoisotopic (exact) mass is 421 g/mol. The first-order chi connectivity index (χ1) is 14.9. The molecular formula is C26H31NO4. The van der Waals surface area contributed by atoms with Gasteiger partial charge in [0.2, 0.25) is 5.91 Å². The van der Waals surface area contributed by atoms with Gasteiger partial charge in [-0.2, -0.15) is 0 Å². The average Bonchev–Trinajstić information content (AvgIpc) is 3.17. The molecule has 0 saturated carbocycles. The van der Waals surface area contributed by atoms with Gasteiger partial charge in [-0.3, -0.25) is 4.79 Å². The van der Waals surface area contributed by atoms with Crippen molar-refractivity contribution in [2.24, 2.45) is 5.92 Å². The summed E-state index contributed by atoms with van der Waals surface area (Å²) in [5.74, 6) is 1.93. The van der Waals surface area contributed by atoms with E-state index in [0.29, 0.717) is 18.2 Å². The smallest absolute Gasteiger partial charge is 0.244 e. The fourth-order valence-electron chi connectivity index (χ4n) is 3.76. The number of benzene rings is 2. The van der Waals surface area contributed by atoms with Gasteiger partial charge in [0.1, 0.15) is 17.1 Å². The fraction of sp³-hybridized carbons (Fsp3) is 0.346. The molecular weight excluding hydrogens is 390 g/mol. The van der Waals surface area contributed by atoms with Gasteiger partial charge < -0.3 is 19.2 Å². The zero-order valence-electron chi connectivity index (χ0n) is 19.2. The molecule has 1 N–H and O–H groups in total. The number of furan rings is 1. The van der Waals surface area contributed by atoms with E-state index < -0.39 is 0 Å². The van der Waals surface area contributed by atoms with Crippen LogP contribution in [0.4, 0.5) is 0 Å². The second-order valence-electron chi connectivity index (χ2n) is 8.11. The standard InChI is InChI=1S/C26H31NO4/c1-16(2)11-12-27-24(28)13-17(3)20-14-21-22(19-9-7-8-10-23(19)29-5)15-31-26(21)18(4)25(20)30-6/h7-10,13-16H,11-12H2,1-6H3,(H,27,28)/b17-13+. The molecule has 0 radical (unpaired) electrons. The summed E-state index contributed by atoms with van der Waals surface area (Å²) in [5.41, 5.74) is 5.24. The number of hydrogen-bond acceptors (Lipinski definition) is 4. The van der Waals surface area contributed by atoms with Crippen molar-refractivity contribution in [2.75, 3.05) is 20.8 Å². The molecule has 0 aliphatic heterocycles. The number of ether oxygens (including phenoxy) is 2. The zero-order valence-corrected chi connectivity index (χ0v) is 19.2. The third kappa shape index (κ3) is 4.76. The Bertz CT molecular complexity index is 1110. The molecule has 3 aromatic rings. The van der Waals surface area contributed by atoms with Gasteiger partial charge in [-0.15, -0.1) is 0 Å². The number of methoxy groups -OCH3 is 2. The number of fused-ring (bicyclic) bond motifs is 1. The van der Waals surface area contributed by atoms with Crippen LogP contribution in [0.3, 0.4) is 0 Å². The molecule has 0 aliphatic rings. The van der Waals surface area contributed by atoms with Gasteiger partial charge in [-0.25, -0.2) is 0 Å². The summed E-state index contributed by atoms with van der Waals surface area (Å²) in [7, 11) is 3.29.